The molecule has 0 atom stereocenters. The van der Waals surface area contributed by atoms with E-state index in [2.05, 4.69) is 10.6 Å². The molecule has 5 nitrogen and oxygen atoms in total. The number of carbonyl (C=O) groups excluding carboxylic acids is 1. The van der Waals surface area contributed by atoms with Gasteiger partial charge in [-0.2, -0.15) is 0 Å². The number of aliphatic hydroxyl groups is 1. The van der Waals surface area contributed by atoms with E-state index in [9.17, 15) is 9.90 Å². The van der Waals surface area contributed by atoms with Gasteiger partial charge in [-0.05, 0) is 51.6 Å². The van der Waals surface area contributed by atoms with Gasteiger partial charge in [-0.1, -0.05) is 0 Å². The number of rotatable bonds is 3. The van der Waals surface area contributed by atoms with Crippen LogP contribution in [0.1, 0.15) is 38.5 Å². The summed E-state index contributed by atoms with van der Waals surface area (Å²) in [5.74, 6) is 0.226. The monoisotopic (exact) mass is 268 g/mol. The van der Waals surface area contributed by atoms with Crippen LogP contribution < -0.4 is 10.6 Å². The van der Waals surface area contributed by atoms with Gasteiger partial charge in [0.2, 0.25) is 5.91 Å². The van der Waals surface area contributed by atoms with Gasteiger partial charge < -0.3 is 20.5 Å². The molecule has 2 saturated heterocycles. The Hall–Kier alpha value is -0.650. The van der Waals surface area contributed by atoms with Crippen LogP contribution in [0.15, 0.2) is 0 Å². The maximum atomic E-state index is 12.0. The highest BCUT2D eigenvalue weighted by atomic mass is 16.6. The zero-order chi connectivity index (χ0) is 13.3. The van der Waals surface area contributed by atoms with E-state index in [1.54, 1.807) is 0 Å². The molecule has 3 rings (SSSR count). The average molecular weight is 268 g/mol. The van der Waals surface area contributed by atoms with Crippen LogP contribution in [0.2, 0.25) is 0 Å². The van der Waals surface area contributed by atoms with Crippen molar-refractivity contribution in [2.45, 2.75) is 49.7 Å². The summed E-state index contributed by atoms with van der Waals surface area (Å²) in [6.45, 7) is 3.08. The maximum Gasteiger partial charge on any atom is 0.223 e. The summed E-state index contributed by atoms with van der Waals surface area (Å²) in [7, 11) is 0. The van der Waals surface area contributed by atoms with Gasteiger partial charge in [0.1, 0.15) is 0 Å². The quantitative estimate of drug-likeness (QED) is 0.638. The van der Waals surface area contributed by atoms with Crippen LogP contribution in [0.3, 0.4) is 0 Å². The summed E-state index contributed by atoms with van der Waals surface area (Å²) in [5.41, 5.74) is -0.634. The Balaban J connectivity index is 1.44. The van der Waals surface area contributed by atoms with Crippen molar-refractivity contribution in [1.82, 2.24) is 10.6 Å². The fourth-order valence-electron chi connectivity index (χ4n) is 3.22. The van der Waals surface area contributed by atoms with Crippen LogP contribution >= 0.6 is 0 Å². The lowest BCUT2D eigenvalue weighted by Gasteiger charge is -2.35. The van der Waals surface area contributed by atoms with Crippen molar-refractivity contribution in [3.63, 3.8) is 0 Å². The molecule has 1 aliphatic carbocycles. The highest BCUT2D eigenvalue weighted by molar-refractivity contribution is 5.78. The van der Waals surface area contributed by atoms with Crippen molar-refractivity contribution in [2.75, 3.05) is 26.2 Å². The Morgan fingerprint density at radius 1 is 1.26 bits per heavy atom. The van der Waals surface area contributed by atoms with E-state index in [-0.39, 0.29) is 17.4 Å². The minimum Gasteiger partial charge on any atom is -0.388 e. The zero-order valence-corrected chi connectivity index (χ0v) is 11.4. The standard InChI is InChI=1S/C14H24N2O3/c17-12(11-1-7-15-8-2-11)16-9-13(18)3-5-14(6-4-13)10-19-14/h11,15,18H,1-10H2,(H,16,17)/t13-,14+. The number of hydrogen-bond acceptors (Lipinski definition) is 4. The first-order valence-electron chi connectivity index (χ1n) is 7.46. The van der Waals surface area contributed by atoms with E-state index in [0.29, 0.717) is 6.54 Å². The molecule has 3 aliphatic rings. The normalized spacial score (nSPS) is 39.2. The van der Waals surface area contributed by atoms with E-state index in [1.165, 1.54) is 0 Å². The predicted octanol–water partition coefficient (Wildman–Crippen LogP) is 0.176. The molecule has 0 aromatic carbocycles. The molecule has 0 unspecified atom stereocenters. The minimum atomic E-state index is -0.722. The van der Waals surface area contributed by atoms with Crippen LogP contribution in [0.4, 0.5) is 0 Å². The van der Waals surface area contributed by atoms with E-state index in [0.717, 1.165) is 58.2 Å². The molecular weight excluding hydrogens is 244 g/mol. The second kappa shape index (κ2) is 5.04. The molecular formula is C14H24N2O3. The van der Waals surface area contributed by atoms with Gasteiger partial charge in [-0.3, -0.25) is 4.79 Å². The molecule has 108 valence electrons. The Morgan fingerprint density at radius 2 is 1.89 bits per heavy atom. The molecule has 5 heteroatoms. The Kier molecular flexibility index (Phi) is 3.53. The molecule has 1 saturated carbocycles. The van der Waals surface area contributed by atoms with Gasteiger partial charge in [-0.15, -0.1) is 0 Å². The number of hydrogen-bond donors (Lipinski definition) is 3. The lowest BCUT2D eigenvalue weighted by atomic mass is 9.78. The fraction of sp³-hybridized carbons (Fsp3) is 0.929. The van der Waals surface area contributed by atoms with E-state index in [1.807, 2.05) is 0 Å². The topological polar surface area (TPSA) is 73.9 Å². The summed E-state index contributed by atoms with van der Waals surface area (Å²) in [5, 5.41) is 16.7. The van der Waals surface area contributed by atoms with Crippen molar-refractivity contribution in [3.8, 4) is 0 Å². The molecule has 2 aliphatic heterocycles. The summed E-state index contributed by atoms with van der Waals surface area (Å²) in [4.78, 5) is 12.0. The van der Waals surface area contributed by atoms with Crippen molar-refractivity contribution in [3.05, 3.63) is 0 Å². The molecule has 1 amide bonds. The first-order chi connectivity index (χ1) is 9.11. The minimum absolute atomic E-state index is 0.0886. The zero-order valence-electron chi connectivity index (χ0n) is 11.4. The predicted molar refractivity (Wildman–Crippen MR) is 70.7 cm³/mol. The van der Waals surface area contributed by atoms with Crippen LogP contribution in [0, 0.1) is 5.92 Å². The molecule has 2 heterocycles. The number of amides is 1. The van der Waals surface area contributed by atoms with Crippen molar-refractivity contribution < 1.29 is 14.6 Å². The average Bonchev–Trinajstić information content (AvgIpc) is 3.22. The highest BCUT2D eigenvalue weighted by Gasteiger charge is 2.50. The molecule has 0 radical (unpaired) electrons. The Bertz CT molecular complexity index is 339. The second-order valence-corrected chi connectivity index (χ2v) is 6.44. The van der Waals surface area contributed by atoms with Crippen molar-refractivity contribution in [2.24, 2.45) is 5.92 Å². The smallest absolute Gasteiger partial charge is 0.223 e. The Morgan fingerprint density at radius 3 is 2.47 bits per heavy atom. The second-order valence-electron chi connectivity index (χ2n) is 6.44. The SMILES string of the molecule is O=C(NC[C@]1(O)CC[C@@]2(CC1)CO2)C1CCNCC1. The van der Waals surface area contributed by atoms with Crippen LogP contribution in [0.25, 0.3) is 0 Å². The van der Waals surface area contributed by atoms with Gasteiger partial charge >= 0.3 is 0 Å². The summed E-state index contributed by atoms with van der Waals surface area (Å²) in [6, 6.07) is 0. The third-order valence-corrected chi connectivity index (χ3v) is 4.95. The third kappa shape index (κ3) is 3.09. The largest absolute Gasteiger partial charge is 0.388 e. The van der Waals surface area contributed by atoms with Crippen molar-refractivity contribution in [1.29, 1.82) is 0 Å². The fourth-order valence-corrected chi connectivity index (χ4v) is 3.22. The molecule has 1 spiro atoms. The summed E-state index contributed by atoms with van der Waals surface area (Å²) >= 11 is 0. The van der Waals surface area contributed by atoms with Gasteiger partial charge in [0.15, 0.2) is 0 Å². The molecule has 3 N–H and O–H groups in total. The molecule has 0 bridgehead atoms. The number of ether oxygens (including phenoxy) is 1. The molecule has 19 heavy (non-hydrogen) atoms. The van der Waals surface area contributed by atoms with Gasteiger partial charge in [0, 0.05) is 12.5 Å². The molecule has 0 aromatic rings. The first kappa shape index (κ1) is 13.3. The van der Waals surface area contributed by atoms with Gasteiger partial charge in [-0.25, -0.2) is 0 Å². The van der Waals surface area contributed by atoms with E-state index >= 15 is 0 Å². The van der Waals surface area contributed by atoms with Gasteiger partial charge in [0.25, 0.3) is 0 Å². The van der Waals surface area contributed by atoms with Crippen LogP contribution in [0.5, 0.6) is 0 Å². The van der Waals surface area contributed by atoms with Crippen molar-refractivity contribution >= 4 is 5.91 Å². The van der Waals surface area contributed by atoms with Gasteiger partial charge in [0.05, 0.1) is 17.8 Å². The van der Waals surface area contributed by atoms with Crippen LogP contribution in [-0.2, 0) is 9.53 Å². The third-order valence-electron chi connectivity index (χ3n) is 4.95. The molecule has 3 fully saturated rings. The first-order valence-corrected chi connectivity index (χ1v) is 7.46. The maximum absolute atomic E-state index is 12.0. The summed E-state index contributed by atoms with van der Waals surface area (Å²) in [6.07, 6.45) is 5.13. The Labute approximate surface area is 114 Å². The number of epoxide rings is 1. The number of carbonyl (C=O) groups is 1. The van der Waals surface area contributed by atoms with E-state index < -0.39 is 5.60 Å². The summed E-state index contributed by atoms with van der Waals surface area (Å²) < 4.78 is 5.45. The highest BCUT2D eigenvalue weighted by Crippen LogP contribution is 2.44. The number of nitrogens with one attached hydrogen (secondary N) is 2. The van der Waals surface area contributed by atoms with Crippen LogP contribution in [-0.4, -0.2) is 48.5 Å². The lowest BCUT2D eigenvalue weighted by Crippen LogP contribution is -2.48. The number of piperidine rings is 1. The lowest BCUT2D eigenvalue weighted by molar-refractivity contribution is -0.127. The molecule has 0 aromatic heterocycles. The van der Waals surface area contributed by atoms with E-state index in [4.69, 9.17) is 4.74 Å².